The number of amides is 2. The summed E-state index contributed by atoms with van der Waals surface area (Å²) in [5.74, 6) is -0.302. The summed E-state index contributed by atoms with van der Waals surface area (Å²) >= 11 is 0. The monoisotopic (exact) mass is 349 g/mol. The molecule has 2 aliphatic rings. The van der Waals surface area contributed by atoms with Crippen LogP contribution in [-0.2, 0) is 9.59 Å². The fraction of sp³-hybridized carbons (Fsp3) is 0.333. The highest BCUT2D eigenvalue weighted by Gasteiger charge is 2.49. The number of benzene rings is 2. The first-order valence-corrected chi connectivity index (χ1v) is 9.01. The maximum Gasteiger partial charge on any atom is 0.238 e. The molecule has 0 unspecified atom stereocenters. The third-order valence-corrected chi connectivity index (χ3v) is 5.50. The van der Waals surface area contributed by atoms with Crippen molar-refractivity contribution in [2.45, 2.75) is 38.3 Å². The molecule has 3 atom stereocenters. The van der Waals surface area contributed by atoms with Crippen molar-refractivity contribution in [2.24, 2.45) is 0 Å². The predicted octanol–water partition coefficient (Wildman–Crippen LogP) is 3.18. The molecule has 0 saturated carbocycles. The fourth-order valence-electron chi connectivity index (χ4n) is 4.43. The zero-order valence-electron chi connectivity index (χ0n) is 15.3. The molecule has 2 aromatic carbocycles. The number of fused-ring (bicyclic) bond motifs is 1. The van der Waals surface area contributed by atoms with Gasteiger partial charge in [-0.3, -0.25) is 14.6 Å². The molecule has 26 heavy (non-hydrogen) atoms. The van der Waals surface area contributed by atoms with Crippen LogP contribution in [-0.4, -0.2) is 36.0 Å². The summed E-state index contributed by atoms with van der Waals surface area (Å²) in [6.45, 7) is 3.69. The van der Waals surface area contributed by atoms with Gasteiger partial charge >= 0.3 is 0 Å². The molecule has 134 valence electrons. The van der Waals surface area contributed by atoms with E-state index in [2.05, 4.69) is 6.92 Å². The van der Waals surface area contributed by atoms with E-state index in [0.717, 1.165) is 23.4 Å². The largest absolute Gasteiger partial charge is 0.315 e. The molecule has 4 rings (SSSR count). The Morgan fingerprint density at radius 1 is 1.04 bits per heavy atom. The lowest BCUT2D eigenvalue weighted by molar-refractivity contribution is -0.131. The number of para-hydroxylation sites is 2. The van der Waals surface area contributed by atoms with Gasteiger partial charge in [-0.1, -0.05) is 36.4 Å². The molecular weight excluding hydrogens is 326 g/mol. The molecule has 1 fully saturated rings. The highest BCUT2D eigenvalue weighted by molar-refractivity contribution is 6.05. The lowest BCUT2D eigenvalue weighted by Gasteiger charge is -2.36. The van der Waals surface area contributed by atoms with Gasteiger partial charge in [0.1, 0.15) is 0 Å². The van der Waals surface area contributed by atoms with Crippen molar-refractivity contribution >= 4 is 23.2 Å². The summed E-state index contributed by atoms with van der Waals surface area (Å²) in [5.41, 5.74) is 2.93. The number of rotatable bonds is 2. The van der Waals surface area contributed by atoms with Gasteiger partial charge in [0.15, 0.2) is 0 Å². The molecule has 1 saturated heterocycles. The standard InChI is InChI=1S/C21H23N3O2/c1-14-13-19(20-17-11-7-8-12-18(17)22(3)21(20)26)24(15(2)25)23(14)16-9-5-4-6-10-16/h4-12,14,19-20H,13H2,1-3H3/t14-,19+,20+/m0/s1. The van der Waals surface area contributed by atoms with E-state index in [1.54, 1.807) is 16.8 Å². The summed E-state index contributed by atoms with van der Waals surface area (Å²) in [6.07, 6.45) is 0.757. The second kappa shape index (κ2) is 6.16. The summed E-state index contributed by atoms with van der Waals surface area (Å²) < 4.78 is 0. The third-order valence-electron chi connectivity index (χ3n) is 5.50. The Labute approximate surface area is 153 Å². The maximum absolute atomic E-state index is 13.0. The van der Waals surface area contributed by atoms with Gasteiger partial charge in [-0.25, -0.2) is 5.01 Å². The Kier molecular flexibility index (Phi) is 3.94. The second-order valence-corrected chi connectivity index (χ2v) is 7.13. The molecule has 2 aliphatic heterocycles. The van der Waals surface area contributed by atoms with Crippen molar-refractivity contribution in [1.29, 1.82) is 0 Å². The lowest BCUT2D eigenvalue weighted by Crippen LogP contribution is -2.49. The van der Waals surface area contributed by atoms with Crippen LogP contribution in [0.4, 0.5) is 11.4 Å². The van der Waals surface area contributed by atoms with Gasteiger partial charge in [-0.15, -0.1) is 0 Å². The van der Waals surface area contributed by atoms with Crippen LogP contribution in [0.2, 0.25) is 0 Å². The van der Waals surface area contributed by atoms with E-state index in [4.69, 9.17) is 0 Å². The number of carbonyl (C=O) groups is 2. The van der Waals surface area contributed by atoms with Gasteiger partial charge in [0.05, 0.1) is 17.6 Å². The van der Waals surface area contributed by atoms with Gasteiger partial charge in [-0.05, 0) is 37.1 Å². The number of hydrogen-bond donors (Lipinski definition) is 0. The number of carbonyl (C=O) groups excluding carboxylic acids is 2. The van der Waals surface area contributed by atoms with Gasteiger partial charge in [0.25, 0.3) is 0 Å². The first-order chi connectivity index (χ1) is 12.5. The van der Waals surface area contributed by atoms with Crippen LogP contribution >= 0.6 is 0 Å². The van der Waals surface area contributed by atoms with E-state index in [1.165, 1.54) is 0 Å². The summed E-state index contributed by atoms with van der Waals surface area (Å²) in [7, 11) is 1.81. The molecule has 0 aliphatic carbocycles. The Hall–Kier alpha value is -2.82. The van der Waals surface area contributed by atoms with E-state index in [0.29, 0.717) is 0 Å². The molecule has 0 spiro atoms. The average Bonchev–Trinajstić information content (AvgIpc) is 3.11. The summed E-state index contributed by atoms with van der Waals surface area (Å²) in [5, 5.41) is 3.83. The molecule has 2 amide bonds. The Bertz CT molecular complexity index is 851. The van der Waals surface area contributed by atoms with Crippen molar-refractivity contribution in [3.8, 4) is 0 Å². The minimum Gasteiger partial charge on any atom is -0.315 e. The first-order valence-electron chi connectivity index (χ1n) is 9.01. The van der Waals surface area contributed by atoms with Crippen molar-refractivity contribution in [3.05, 3.63) is 60.2 Å². The Morgan fingerprint density at radius 3 is 2.38 bits per heavy atom. The van der Waals surface area contributed by atoms with Crippen LogP contribution in [0.1, 0.15) is 31.7 Å². The van der Waals surface area contributed by atoms with E-state index in [9.17, 15) is 9.59 Å². The number of nitrogens with zero attached hydrogens (tertiary/aromatic N) is 3. The first kappa shape index (κ1) is 16.6. The zero-order chi connectivity index (χ0) is 18.4. The molecule has 2 aromatic rings. The minimum atomic E-state index is -0.323. The molecule has 2 heterocycles. The van der Waals surface area contributed by atoms with Crippen LogP contribution in [0.25, 0.3) is 0 Å². The molecule has 0 radical (unpaired) electrons. The second-order valence-electron chi connectivity index (χ2n) is 7.13. The predicted molar refractivity (Wildman–Crippen MR) is 102 cm³/mol. The summed E-state index contributed by atoms with van der Waals surface area (Å²) in [4.78, 5) is 27.4. The van der Waals surface area contributed by atoms with E-state index in [-0.39, 0.29) is 29.8 Å². The average molecular weight is 349 g/mol. The quantitative estimate of drug-likeness (QED) is 0.836. The van der Waals surface area contributed by atoms with Crippen LogP contribution < -0.4 is 9.91 Å². The molecule has 5 nitrogen and oxygen atoms in total. The van der Waals surface area contributed by atoms with Gasteiger partial charge in [0, 0.05) is 25.7 Å². The molecule has 0 bridgehead atoms. The van der Waals surface area contributed by atoms with Crippen LogP contribution in [0.5, 0.6) is 0 Å². The number of likely N-dealkylation sites (N-methyl/N-ethyl adjacent to an activating group) is 1. The van der Waals surface area contributed by atoms with Gasteiger partial charge < -0.3 is 4.90 Å². The summed E-state index contributed by atoms with van der Waals surface area (Å²) in [6, 6.07) is 17.8. The van der Waals surface area contributed by atoms with Crippen molar-refractivity contribution in [1.82, 2.24) is 5.01 Å². The SMILES string of the molecule is CC(=O)N1[C@@H]([C@@H]2C(=O)N(C)c3ccccc32)C[C@H](C)N1c1ccccc1. The third kappa shape index (κ3) is 2.38. The van der Waals surface area contributed by atoms with Crippen molar-refractivity contribution < 1.29 is 9.59 Å². The normalized spacial score (nSPS) is 25.0. The molecule has 0 N–H and O–H groups in total. The van der Waals surface area contributed by atoms with Gasteiger partial charge in [0.2, 0.25) is 11.8 Å². The molecular formula is C21H23N3O2. The van der Waals surface area contributed by atoms with E-state index < -0.39 is 0 Å². The highest BCUT2D eigenvalue weighted by atomic mass is 16.2. The Balaban J connectivity index is 1.77. The van der Waals surface area contributed by atoms with Crippen LogP contribution in [0.15, 0.2) is 54.6 Å². The lowest BCUT2D eigenvalue weighted by atomic mass is 9.89. The Morgan fingerprint density at radius 2 is 1.69 bits per heavy atom. The van der Waals surface area contributed by atoms with E-state index >= 15 is 0 Å². The van der Waals surface area contributed by atoms with Crippen molar-refractivity contribution in [3.63, 3.8) is 0 Å². The number of hydrazine groups is 1. The van der Waals surface area contributed by atoms with Crippen LogP contribution in [0, 0.1) is 0 Å². The van der Waals surface area contributed by atoms with Crippen LogP contribution in [0.3, 0.4) is 0 Å². The smallest absolute Gasteiger partial charge is 0.238 e. The van der Waals surface area contributed by atoms with Crippen molar-refractivity contribution in [2.75, 3.05) is 17.0 Å². The minimum absolute atomic E-state index is 0.0389. The number of hydrogen-bond acceptors (Lipinski definition) is 3. The number of anilines is 2. The van der Waals surface area contributed by atoms with Gasteiger partial charge in [-0.2, -0.15) is 0 Å². The maximum atomic E-state index is 13.0. The molecule has 5 heteroatoms. The zero-order valence-corrected chi connectivity index (χ0v) is 15.3. The fourth-order valence-corrected chi connectivity index (χ4v) is 4.43. The van der Waals surface area contributed by atoms with E-state index in [1.807, 2.05) is 66.7 Å². The topological polar surface area (TPSA) is 43.9 Å². The highest BCUT2D eigenvalue weighted by Crippen LogP contribution is 2.44. The molecule has 0 aromatic heterocycles.